The van der Waals surface area contributed by atoms with Crippen molar-refractivity contribution < 1.29 is 14.3 Å². The van der Waals surface area contributed by atoms with Gasteiger partial charge in [-0.3, -0.25) is 0 Å². The van der Waals surface area contributed by atoms with E-state index in [2.05, 4.69) is 12.2 Å². The Morgan fingerprint density at radius 2 is 1.87 bits per heavy atom. The minimum atomic E-state index is -0.464. The smallest absolute Gasteiger partial charge is 0.410 e. The average Bonchev–Trinajstić information content (AvgIpc) is 2.49. The van der Waals surface area contributed by atoms with Gasteiger partial charge in [0.1, 0.15) is 11.4 Å². The number of hydrogen-bond donors (Lipinski definition) is 1. The predicted molar refractivity (Wildman–Crippen MR) is 92.9 cm³/mol. The minimum Gasteiger partial charge on any atom is -0.497 e. The van der Waals surface area contributed by atoms with Crippen LogP contribution in [0.4, 0.5) is 4.79 Å². The Kier molecular flexibility index (Phi) is 7.36. The second-order valence-corrected chi connectivity index (χ2v) is 6.51. The van der Waals surface area contributed by atoms with Crippen LogP contribution in [-0.2, 0) is 4.74 Å². The van der Waals surface area contributed by atoms with Crippen molar-refractivity contribution in [2.45, 2.75) is 46.3 Å². The first-order chi connectivity index (χ1) is 10.8. The van der Waals surface area contributed by atoms with E-state index < -0.39 is 5.60 Å². The molecule has 1 atom stereocenters. The van der Waals surface area contributed by atoms with Crippen LogP contribution in [0.2, 0.25) is 0 Å². The summed E-state index contributed by atoms with van der Waals surface area (Å²) < 4.78 is 10.6. The van der Waals surface area contributed by atoms with Gasteiger partial charge in [-0.15, -0.1) is 0 Å². The maximum absolute atomic E-state index is 12.1. The van der Waals surface area contributed by atoms with Crippen LogP contribution in [0.1, 0.15) is 46.2 Å². The Hall–Kier alpha value is -1.75. The molecule has 0 spiro atoms. The molecule has 1 N–H and O–H groups in total. The standard InChI is InChI=1S/C18H30N2O3/c1-7-20(17(21)23-18(3,4)5)13-12-19-14(2)15-8-10-16(22-6)11-9-15/h8-11,14,19H,7,12-13H2,1-6H3. The molecule has 1 rings (SSSR count). The van der Waals surface area contributed by atoms with Crippen LogP contribution in [0.3, 0.4) is 0 Å². The summed E-state index contributed by atoms with van der Waals surface area (Å²) in [4.78, 5) is 13.8. The molecule has 0 aliphatic heterocycles. The van der Waals surface area contributed by atoms with Gasteiger partial charge in [-0.05, 0) is 52.3 Å². The Morgan fingerprint density at radius 1 is 1.26 bits per heavy atom. The number of nitrogens with zero attached hydrogens (tertiary/aromatic N) is 1. The second-order valence-electron chi connectivity index (χ2n) is 6.51. The first-order valence-electron chi connectivity index (χ1n) is 8.12. The topological polar surface area (TPSA) is 50.8 Å². The third-order valence-electron chi connectivity index (χ3n) is 3.48. The van der Waals surface area contributed by atoms with E-state index in [1.54, 1.807) is 12.0 Å². The highest BCUT2D eigenvalue weighted by Gasteiger charge is 2.20. The molecule has 0 heterocycles. The van der Waals surface area contributed by atoms with Crippen LogP contribution in [0.25, 0.3) is 0 Å². The lowest BCUT2D eigenvalue weighted by Crippen LogP contribution is -2.40. The van der Waals surface area contributed by atoms with Gasteiger partial charge in [0.15, 0.2) is 0 Å². The summed E-state index contributed by atoms with van der Waals surface area (Å²) in [5.41, 5.74) is 0.722. The Balaban J connectivity index is 2.45. The van der Waals surface area contributed by atoms with Gasteiger partial charge >= 0.3 is 6.09 Å². The summed E-state index contributed by atoms with van der Waals surface area (Å²) in [6.45, 7) is 11.6. The van der Waals surface area contributed by atoms with Gasteiger partial charge in [-0.25, -0.2) is 4.79 Å². The van der Waals surface area contributed by atoms with E-state index in [4.69, 9.17) is 9.47 Å². The number of nitrogens with one attached hydrogen (secondary N) is 1. The molecule has 0 aromatic heterocycles. The van der Waals surface area contributed by atoms with E-state index in [9.17, 15) is 4.79 Å². The van der Waals surface area contributed by atoms with Crippen LogP contribution in [0, 0.1) is 0 Å². The van der Waals surface area contributed by atoms with Crippen LogP contribution in [-0.4, -0.2) is 43.3 Å². The van der Waals surface area contributed by atoms with Crippen LogP contribution in [0.15, 0.2) is 24.3 Å². The summed E-state index contributed by atoms with van der Waals surface area (Å²) in [5, 5.41) is 3.43. The lowest BCUT2D eigenvalue weighted by Gasteiger charge is -2.27. The van der Waals surface area contributed by atoms with Gasteiger partial charge in [0.25, 0.3) is 0 Å². The highest BCUT2D eigenvalue weighted by molar-refractivity contribution is 5.68. The number of carbonyl (C=O) groups is 1. The summed E-state index contributed by atoms with van der Waals surface area (Å²) in [6, 6.07) is 8.20. The normalized spacial score (nSPS) is 12.6. The molecule has 0 saturated heterocycles. The molecule has 1 aromatic carbocycles. The average molecular weight is 322 g/mol. The fourth-order valence-electron chi connectivity index (χ4n) is 2.13. The van der Waals surface area contributed by atoms with Crippen molar-refractivity contribution in [2.75, 3.05) is 26.7 Å². The zero-order valence-corrected chi connectivity index (χ0v) is 15.2. The molecule has 0 radical (unpaired) electrons. The largest absolute Gasteiger partial charge is 0.497 e. The van der Waals surface area contributed by atoms with Crippen LogP contribution >= 0.6 is 0 Å². The van der Waals surface area contributed by atoms with Crippen LogP contribution < -0.4 is 10.1 Å². The summed E-state index contributed by atoms with van der Waals surface area (Å²) in [5.74, 6) is 0.850. The van der Waals surface area contributed by atoms with Gasteiger partial charge in [0, 0.05) is 25.7 Å². The number of benzene rings is 1. The minimum absolute atomic E-state index is 0.207. The van der Waals surface area contributed by atoms with E-state index in [-0.39, 0.29) is 12.1 Å². The lowest BCUT2D eigenvalue weighted by atomic mass is 10.1. The second kappa shape index (κ2) is 8.77. The number of likely N-dealkylation sites (N-methyl/N-ethyl adjacent to an activating group) is 1. The summed E-state index contributed by atoms with van der Waals surface area (Å²) in [6.07, 6.45) is -0.265. The molecule has 0 bridgehead atoms. The van der Waals surface area contributed by atoms with Crippen LogP contribution in [0.5, 0.6) is 5.75 Å². The first kappa shape index (κ1) is 19.3. The van der Waals surface area contributed by atoms with Gasteiger partial charge in [0.2, 0.25) is 0 Å². The maximum atomic E-state index is 12.1. The van der Waals surface area contributed by atoms with Crippen molar-refractivity contribution in [1.82, 2.24) is 10.2 Å². The monoisotopic (exact) mass is 322 g/mol. The molecule has 1 unspecified atom stereocenters. The molecule has 0 aliphatic carbocycles. The molecule has 1 aromatic rings. The highest BCUT2D eigenvalue weighted by atomic mass is 16.6. The molecule has 1 amide bonds. The van der Waals surface area contributed by atoms with E-state index in [1.807, 2.05) is 52.0 Å². The van der Waals surface area contributed by atoms with E-state index in [0.29, 0.717) is 19.6 Å². The molecule has 23 heavy (non-hydrogen) atoms. The number of amides is 1. The fourth-order valence-corrected chi connectivity index (χ4v) is 2.13. The Labute approximate surface area is 140 Å². The zero-order chi connectivity index (χ0) is 17.5. The number of ether oxygens (including phenoxy) is 2. The third-order valence-corrected chi connectivity index (χ3v) is 3.48. The third kappa shape index (κ3) is 6.91. The SMILES string of the molecule is CCN(CCNC(C)c1ccc(OC)cc1)C(=O)OC(C)(C)C. The van der Waals surface area contributed by atoms with Crippen molar-refractivity contribution in [3.05, 3.63) is 29.8 Å². The quantitative estimate of drug-likeness (QED) is 0.833. The van der Waals surface area contributed by atoms with E-state index >= 15 is 0 Å². The summed E-state index contributed by atoms with van der Waals surface area (Å²) in [7, 11) is 1.66. The number of carbonyl (C=O) groups excluding carboxylic acids is 1. The first-order valence-corrected chi connectivity index (χ1v) is 8.12. The fraction of sp³-hybridized carbons (Fsp3) is 0.611. The lowest BCUT2D eigenvalue weighted by molar-refractivity contribution is 0.0261. The van der Waals surface area contributed by atoms with Gasteiger partial charge < -0.3 is 19.7 Å². The van der Waals surface area contributed by atoms with Crippen molar-refractivity contribution in [3.8, 4) is 5.75 Å². The number of hydrogen-bond acceptors (Lipinski definition) is 4. The van der Waals surface area contributed by atoms with Crippen molar-refractivity contribution in [2.24, 2.45) is 0 Å². The molecular weight excluding hydrogens is 292 g/mol. The molecule has 0 aliphatic rings. The molecule has 0 saturated carbocycles. The Bertz CT molecular complexity index is 480. The zero-order valence-electron chi connectivity index (χ0n) is 15.2. The van der Waals surface area contributed by atoms with Gasteiger partial charge in [-0.1, -0.05) is 12.1 Å². The molecule has 5 nitrogen and oxygen atoms in total. The molecule has 0 fully saturated rings. The Morgan fingerprint density at radius 3 is 2.35 bits per heavy atom. The van der Waals surface area contributed by atoms with E-state index in [1.165, 1.54) is 5.56 Å². The number of rotatable bonds is 7. The predicted octanol–water partition coefficient (Wildman–Crippen LogP) is 3.60. The van der Waals surface area contributed by atoms with Gasteiger partial charge in [0.05, 0.1) is 7.11 Å². The van der Waals surface area contributed by atoms with E-state index in [0.717, 1.165) is 5.75 Å². The molecular formula is C18H30N2O3. The van der Waals surface area contributed by atoms with Crippen molar-refractivity contribution in [1.29, 1.82) is 0 Å². The summed E-state index contributed by atoms with van der Waals surface area (Å²) >= 11 is 0. The maximum Gasteiger partial charge on any atom is 0.410 e. The highest BCUT2D eigenvalue weighted by Crippen LogP contribution is 2.17. The molecule has 130 valence electrons. The van der Waals surface area contributed by atoms with Crippen molar-refractivity contribution in [3.63, 3.8) is 0 Å². The number of methoxy groups -OCH3 is 1. The van der Waals surface area contributed by atoms with Gasteiger partial charge in [-0.2, -0.15) is 0 Å². The van der Waals surface area contributed by atoms with Crippen molar-refractivity contribution >= 4 is 6.09 Å². The molecule has 5 heteroatoms.